The van der Waals surface area contributed by atoms with Crippen LogP contribution in [0.3, 0.4) is 0 Å². The van der Waals surface area contributed by atoms with Crippen LogP contribution in [-0.4, -0.2) is 9.55 Å². The molecule has 0 saturated heterocycles. The first-order valence-electron chi connectivity index (χ1n) is 4.83. The van der Waals surface area contributed by atoms with Gasteiger partial charge in [0.2, 0.25) is 0 Å². The molecule has 0 aliphatic carbocycles. The number of halogens is 2. The van der Waals surface area contributed by atoms with E-state index < -0.39 is 11.6 Å². The Balaban J connectivity index is 2.59. The van der Waals surface area contributed by atoms with Crippen molar-refractivity contribution in [3.05, 3.63) is 48.1 Å². The maximum Gasteiger partial charge on any atom is 0.182 e. The molecule has 1 aromatic carbocycles. The summed E-state index contributed by atoms with van der Waals surface area (Å²) in [6.45, 7) is 1.75. The Labute approximate surface area is 91.5 Å². The minimum absolute atomic E-state index is 0.116. The van der Waals surface area contributed by atoms with Crippen LogP contribution in [0, 0.1) is 11.6 Å². The Bertz CT molecular complexity index is 506. The van der Waals surface area contributed by atoms with Crippen molar-refractivity contribution in [3.8, 4) is 5.69 Å². The molecule has 1 aromatic heterocycles. The zero-order valence-electron chi connectivity index (χ0n) is 8.69. The van der Waals surface area contributed by atoms with Gasteiger partial charge in [-0.3, -0.25) is 4.57 Å². The van der Waals surface area contributed by atoms with Crippen molar-refractivity contribution in [2.24, 2.45) is 5.73 Å². The van der Waals surface area contributed by atoms with E-state index in [1.54, 1.807) is 6.92 Å². The Hall–Kier alpha value is -1.75. The largest absolute Gasteiger partial charge is 0.323 e. The van der Waals surface area contributed by atoms with Crippen LogP contribution in [-0.2, 0) is 0 Å². The summed E-state index contributed by atoms with van der Waals surface area (Å²) < 4.78 is 28.1. The SMILES string of the molecule is C[C@H](N)c1cncn1-c1cccc(F)c1F. The number of nitrogens with zero attached hydrogens (tertiary/aromatic N) is 2. The second kappa shape index (κ2) is 4.02. The lowest BCUT2D eigenvalue weighted by atomic mass is 10.2. The van der Waals surface area contributed by atoms with Crippen LogP contribution in [0.4, 0.5) is 8.78 Å². The third kappa shape index (κ3) is 1.69. The quantitative estimate of drug-likeness (QED) is 0.847. The Kier molecular flexibility index (Phi) is 2.70. The second-order valence-electron chi connectivity index (χ2n) is 3.55. The molecule has 84 valence electrons. The summed E-state index contributed by atoms with van der Waals surface area (Å²) in [4.78, 5) is 3.88. The van der Waals surface area contributed by atoms with Gasteiger partial charge in [-0.2, -0.15) is 0 Å². The van der Waals surface area contributed by atoms with Crippen molar-refractivity contribution >= 4 is 0 Å². The number of benzene rings is 1. The first kappa shape index (κ1) is 10.8. The predicted octanol–water partition coefficient (Wildman–Crippen LogP) is 2.17. The fraction of sp³-hybridized carbons (Fsp3) is 0.182. The van der Waals surface area contributed by atoms with Gasteiger partial charge in [-0.25, -0.2) is 13.8 Å². The molecule has 0 bridgehead atoms. The molecule has 0 aliphatic rings. The molecule has 16 heavy (non-hydrogen) atoms. The van der Waals surface area contributed by atoms with Crippen LogP contribution in [0.1, 0.15) is 18.7 Å². The highest BCUT2D eigenvalue weighted by Gasteiger charge is 2.14. The Morgan fingerprint density at radius 2 is 2.12 bits per heavy atom. The average Bonchev–Trinajstić information content (AvgIpc) is 2.70. The van der Waals surface area contributed by atoms with Gasteiger partial charge in [-0.1, -0.05) is 6.07 Å². The minimum Gasteiger partial charge on any atom is -0.323 e. The Morgan fingerprint density at radius 3 is 2.81 bits per heavy atom. The number of rotatable bonds is 2. The van der Waals surface area contributed by atoms with E-state index in [0.717, 1.165) is 6.07 Å². The van der Waals surface area contributed by atoms with E-state index in [1.807, 2.05) is 0 Å². The molecule has 0 unspecified atom stereocenters. The van der Waals surface area contributed by atoms with Crippen molar-refractivity contribution < 1.29 is 8.78 Å². The van der Waals surface area contributed by atoms with Crippen molar-refractivity contribution in [3.63, 3.8) is 0 Å². The fourth-order valence-corrected chi connectivity index (χ4v) is 1.52. The molecule has 2 aromatic rings. The van der Waals surface area contributed by atoms with Crippen LogP contribution in [0.25, 0.3) is 5.69 Å². The van der Waals surface area contributed by atoms with Gasteiger partial charge in [0.25, 0.3) is 0 Å². The van der Waals surface area contributed by atoms with Gasteiger partial charge in [0.1, 0.15) is 0 Å². The Morgan fingerprint density at radius 1 is 1.38 bits per heavy atom. The first-order chi connectivity index (χ1) is 7.61. The molecule has 0 aliphatic heterocycles. The number of aromatic nitrogens is 2. The third-order valence-corrected chi connectivity index (χ3v) is 2.32. The molecular formula is C11H11F2N3. The molecule has 1 heterocycles. The summed E-state index contributed by atoms with van der Waals surface area (Å²) in [7, 11) is 0. The van der Waals surface area contributed by atoms with Crippen LogP contribution < -0.4 is 5.73 Å². The zero-order valence-corrected chi connectivity index (χ0v) is 8.69. The monoisotopic (exact) mass is 223 g/mol. The zero-order chi connectivity index (χ0) is 11.7. The number of nitrogens with two attached hydrogens (primary N) is 1. The second-order valence-corrected chi connectivity index (χ2v) is 3.55. The van der Waals surface area contributed by atoms with Crippen molar-refractivity contribution in [2.45, 2.75) is 13.0 Å². The molecule has 0 radical (unpaired) electrons. The van der Waals surface area contributed by atoms with Crippen LogP contribution >= 0.6 is 0 Å². The molecule has 3 nitrogen and oxygen atoms in total. The van der Waals surface area contributed by atoms with Crippen molar-refractivity contribution in [1.29, 1.82) is 0 Å². The van der Waals surface area contributed by atoms with Gasteiger partial charge < -0.3 is 5.73 Å². The number of hydrogen-bond donors (Lipinski definition) is 1. The van der Waals surface area contributed by atoms with Gasteiger partial charge in [0, 0.05) is 6.04 Å². The van der Waals surface area contributed by atoms with Gasteiger partial charge in [-0.15, -0.1) is 0 Å². The molecule has 5 heteroatoms. The molecule has 1 atom stereocenters. The topological polar surface area (TPSA) is 43.8 Å². The minimum atomic E-state index is -0.901. The van der Waals surface area contributed by atoms with E-state index in [-0.39, 0.29) is 11.7 Å². The highest BCUT2D eigenvalue weighted by atomic mass is 19.2. The number of hydrogen-bond acceptors (Lipinski definition) is 2. The molecule has 2 N–H and O–H groups in total. The smallest absolute Gasteiger partial charge is 0.182 e. The van der Waals surface area contributed by atoms with Crippen LogP contribution in [0.2, 0.25) is 0 Å². The molecule has 0 saturated carbocycles. The summed E-state index contributed by atoms with van der Waals surface area (Å²) in [5.74, 6) is -1.79. The summed E-state index contributed by atoms with van der Waals surface area (Å²) in [6.07, 6.45) is 2.95. The predicted molar refractivity (Wildman–Crippen MR) is 56.1 cm³/mol. The number of imidazole rings is 1. The van der Waals surface area contributed by atoms with E-state index in [4.69, 9.17) is 5.73 Å². The van der Waals surface area contributed by atoms with Gasteiger partial charge in [-0.05, 0) is 19.1 Å². The first-order valence-corrected chi connectivity index (χ1v) is 4.83. The maximum absolute atomic E-state index is 13.5. The molecule has 0 amide bonds. The van der Waals surface area contributed by atoms with E-state index in [1.165, 1.54) is 29.2 Å². The normalized spacial score (nSPS) is 12.8. The molecule has 0 spiro atoms. The third-order valence-electron chi connectivity index (χ3n) is 2.32. The lowest BCUT2D eigenvalue weighted by Crippen LogP contribution is -2.11. The standard InChI is InChI=1S/C11H11F2N3/c1-7(14)10-5-15-6-16(10)9-4-2-3-8(12)11(9)13/h2-7H,14H2,1H3/t7-/m0/s1. The van der Waals surface area contributed by atoms with Gasteiger partial charge in [0.05, 0.1) is 23.9 Å². The summed E-state index contributed by atoms with van der Waals surface area (Å²) >= 11 is 0. The van der Waals surface area contributed by atoms with E-state index >= 15 is 0 Å². The van der Waals surface area contributed by atoms with Crippen LogP contribution in [0.15, 0.2) is 30.7 Å². The molecule has 2 rings (SSSR count). The van der Waals surface area contributed by atoms with Gasteiger partial charge >= 0.3 is 0 Å². The maximum atomic E-state index is 13.5. The summed E-state index contributed by atoms with van der Waals surface area (Å²) in [6, 6.07) is 3.69. The molecular weight excluding hydrogens is 212 g/mol. The highest BCUT2D eigenvalue weighted by Crippen LogP contribution is 2.20. The van der Waals surface area contributed by atoms with E-state index in [2.05, 4.69) is 4.98 Å². The van der Waals surface area contributed by atoms with Crippen molar-refractivity contribution in [2.75, 3.05) is 0 Å². The fourth-order valence-electron chi connectivity index (χ4n) is 1.52. The molecule has 0 fully saturated rings. The van der Waals surface area contributed by atoms with Crippen molar-refractivity contribution in [1.82, 2.24) is 9.55 Å². The highest BCUT2D eigenvalue weighted by molar-refractivity contribution is 5.36. The van der Waals surface area contributed by atoms with Gasteiger partial charge in [0.15, 0.2) is 11.6 Å². The van der Waals surface area contributed by atoms with E-state index in [0.29, 0.717) is 5.69 Å². The van der Waals surface area contributed by atoms with E-state index in [9.17, 15) is 8.78 Å². The average molecular weight is 223 g/mol. The lowest BCUT2D eigenvalue weighted by molar-refractivity contribution is 0.503. The summed E-state index contributed by atoms with van der Waals surface area (Å²) in [5.41, 5.74) is 6.45. The van der Waals surface area contributed by atoms with Crippen LogP contribution in [0.5, 0.6) is 0 Å². The summed E-state index contributed by atoms with van der Waals surface area (Å²) in [5, 5.41) is 0. The lowest BCUT2D eigenvalue weighted by Gasteiger charge is -2.11.